The van der Waals surface area contributed by atoms with Crippen molar-refractivity contribution in [3.05, 3.63) is 17.7 Å². The predicted octanol–water partition coefficient (Wildman–Crippen LogP) is 1.48. The van der Waals surface area contributed by atoms with Gasteiger partial charge in [0.25, 0.3) is 0 Å². The highest BCUT2D eigenvalue weighted by molar-refractivity contribution is 5.47. The Labute approximate surface area is 104 Å². The molecule has 1 rings (SSSR count). The third kappa shape index (κ3) is 4.42. The zero-order chi connectivity index (χ0) is 13.4. The molecule has 0 unspecified atom stereocenters. The molecule has 0 aromatic carbocycles. The van der Waals surface area contributed by atoms with Crippen molar-refractivity contribution in [2.75, 3.05) is 51.2 Å². The third-order valence-corrected chi connectivity index (χ3v) is 2.14. The zero-order valence-corrected chi connectivity index (χ0v) is 10.4. The number of pyridine rings is 1. The van der Waals surface area contributed by atoms with Crippen LogP contribution < -0.4 is 10.6 Å². The number of halogens is 2. The van der Waals surface area contributed by atoms with Gasteiger partial charge in [0, 0.05) is 26.8 Å². The Morgan fingerprint density at radius 1 is 1.17 bits per heavy atom. The van der Waals surface area contributed by atoms with Crippen LogP contribution in [0.5, 0.6) is 0 Å². The first-order valence-corrected chi connectivity index (χ1v) is 5.53. The summed E-state index contributed by atoms with van der Waals surface area (Å²) in [6.07, 6.45) is 0. The second-order valence-electron chi connectivity index (χ2n) is 3.43. The first kappa shape index (κ1) is 14.6. The van der Waals surface area contributed by atoms with Crippen LogP contribution >= 0.6 is 0 Å². The summed E-state index contributed by atoms with van der Waals surface area (Å²) in [4.78, 5) is 3.77. The SMILES string of the molecule is CNc1nc(NCCOCCOC)c(F)cc1F. The number of nitrogens with one attached hydrogen (secondary N) is 2. The number of nitrogens with zero attached hydrogens (tertiary/aromatic N) is 1. The lowest BCUT2D eigenvalue weighted by Gasteiger charge is -2.09. The largest absolute Gasteiger partial charge is 0.382 e. The Hall–Kier alpha value is -1.47. The minimum Gasteiger partial charge on any atom is -0.382 e. The van der Waals surface area contributed by atoms with E-state index in [2.05, 4.69) is 15.6 Å². The van der Waals surface area contributed by atoms with Crippen LogP contribution in [0.3, 0.4) is 0 Å². The van der Waals surface area contributed by atoms with Crippen LogP contribution in [0.2, 0.25) is 0 Å². The molecular weight excluding hydrogens is 244 g/mol. The molecule has 102 valence electrons. The number of ether oxygens (including phenoxy) is 2. The molecular formula is C11H17F2N3O2. The monoisotopic (exact) mass is 261 g/mol. The van der Waals surface area contributed by atoms with E-state index >= 15 is 0 Å². The standard InChI is InChI=1S/C11H17F2N3O2/c1-14-10-8(12)7-9(13)11(16-10)15-3-4-18-6-5-17-2/h7H,3-6H2,1-2H3,(H2,14,15,16). The van der Waals surface area contributed by atoms with Gasteiger partial charge in [-0.2, -0.15) is 0 Å². The van der Waals surface area contributed by atoms with E-state index in [4.69, 9.17) is 9.47 Å². The fourth-order valence-corrected chi connectivity index (χ4v) is 1.25. The predicted molar refractivity (Wildman–Crippen MR) is 64.9 cm³/mol. The van der Waals surface area contributed by atoms with Gasteiger partial charge in [-0.25, -0.2) is 13.8 Å². The first-order valence-electron chi connectivity index (χ1n) is 5.53. The van der Waals surface area contributed by atoms with E-state index < -0.39 is 11.6 Å². The van der Waals surface area contributed by atoms with Gasteiger partial charge in [-0.1, -0.05) is 0 Å². The Morgan fingerprint density at radius 2 is 1.89 bits per heavy atom. The van der Waals surface area contributed by atoms with Crippen molar-refractivity contribution in [2.24, 2.45) is 0 Å². The van der Waals surface area contributed by atoms with E-state index in [9.17, 15) is 8.78 Å². The van der Waals surface area contributed by atoms with Crippen LogP contribution in [0.25, 0.3) is 0 Å². The molecule has 1 aromatic rings. The summed E-state index contributed by atoms with van der Waals surface area (Å²) < 4.78 is 36.5. The fraction of sp³-hybridized carbons (Fsp3) is 0.545. The summed E-state index contributed by atoms with van der Waals surface area (Å²) in [5.41, 5.74) is 0. The van der Waals surface area contributed by atoms with E-state index in [0.717, 1.165) is 6.07 Å². The van der Waals surface area contributed by atoms with Crippen LogP contribution in [0.4, 0.5) is 20.4 Å². The van der Waals surface area contributed by atoms with Crippen molar-refractivity contribution < 1.29 is 18.3 Å². The zero-order valence-electron chi connectivity index (χ0n) is 10.4. The topological polar surface area (TPSA) is 55.4 Å². The average molecular weight is 261 g/mol. The summed E-state index contributed by atoms with van der Waals surface area (Å²) in [6, 6.07) is 0.785. The summed E-state index contributed by atoms with van der Waals surface area (Å²) in [5.74, 6) is -1.46. The van der Waals surface area contributed by atoms with E-state index in [-0.39, 0.29) is 11.6 Å². The number of hydrogen-bond acceptors (Lipinski definition) is 5. The number of anilines is 2. The Kier molecular flexibility index (Phi) is 6.31. The first-order chi connectivity index (χ1) is 8.69. The molecule has 0 radical (unpaired) electrons. The lowest BCUT2D eigenvalue weighted by atomic mass is 10.4. The lowest BCUT2D eigenvalue weighted by Crippen LogP contribution is -2.14. The lowest BCUT2D eigenvalue weighted by molar-refractivity contribution is 0.0759. The van der Waals surface area contributed by atoms with E-state index in [0.29, 0.717) is 26.4 Å². The molecule has 0 spiro atoms. The van der Waals surface area contributed by atoms with Gasteiger partial charge in [0.15, 0.2) is 23.3 Å². The van der Waals surface area contributed by atoms with Gasteiger partial charge < -0.3 is 20.1 Å². The molecule has 0 amide bonds. The normalized spacial score (nSPS) is 10.4. The Balaban J connectivity index is 2.42. The van der Waals surface area contributed by atoms with Gasteiger partial charge in [0.1, 0.15) is 0 Å². The van der Waals surface area contributed by atoms with E-state index in [1.165, 1.54) is 7.05 Å². The quantitative estimate of drug-likeness (QED) is 0.694. The molecule has 7 heteroatoms. The minimum atomic E-state index is -0.733. The molecule has 1 heterocycles. The number of hydrogen-bond donors (Lipinski definition) is 2. The summed E-state index contributed by atoms with van der Waals surface area (Å²) in [6.45, 7) is 1.74. The third-order valence-electron chi connectivity index (χ3n) is 2.14. The van der Waals surface area contributed by atoms with Gasteiger partial charge in [-0.15, -0.1) is 0 Å². The van der Waals surface area contributed by atoms with Gasteiger partial charge >= 0.3 is 0 Å². The molecule has 0 aliphatic carbocycles. The maximum Gasteiger partial charge on any atom is 0.168 e. The van der Waals surface area contributed by atoms with Crippen molar-refractivity contribution in [3.8, 4) is 0 Å². The molecule has 0 aliphatic rings. The highest BCUT2D eigenvalue weighted by Gasteiger charge is 2.10. The molecule has 0 aliphatic heterocycles. The molecule has 0 atom stereocenters. The van der Waals surface area contributed by atoms with Crippen LogP contribution in [0.1, 0.15) is 0 Å². The fourth-order valence-electron chi connectivity index (χ4n) is 1.25. The molecule has 0 saturated heterocycles. The van der Waals surface area contributed by atoms with Gasteiger partial charge in [-0.05, 0) is 0 Å². The van der Waals surface area contributed by atoms with Crippen LogP contribution in [-0.4, -0.2) is 45.5 Å². The molecule has 18 heavy (non-hydrogen) atoms. The molecule has 0 saturated carbocycles. The summed E-state index contributed by atoms with van der Waals surface area (Å²) in [5, 5.41) is 5.27. The highest BCUT2D eigenvalue weighted by Crippen LogP contribution is 2.18. The van der Waals surface area contributed by atoms with E-state index in [1.54, 1.807) is 7.11 Å². The van der Waals surface area contributed by atoms with Crippen molar-refractivity contribution in [1.82, 2.24) is 4.98 Å². The van der Waals surface area contributed by atoms with Gasteiger partial charge in [0.2, 0.25) is 0 Å². The smallest absolute Gasteiger partial charge is 0.168 e. The average Bonchev–Trinajstić information content (AvgIpc) is 2.36. The summed E-state index contributed by atoms with van der Waals surface area (Å²) in [7, 11) is 3.10. The number of aromatic nitrogens is 1. The van der Waals surface area contributed by atoms with Crippen molar-refractivity contribution in [1.29, 1.82) is 0 Å². The van der Waals surface area contributed by atoms with Crippen LogP contribution in [0.15, 0.2) is 6.07 Å². The second kappa shape index (κ2) is 7.78. The number of rotatable bonds is 8. The molecule has 0 fully saturated rings. The molecule has 0 bridgehead atoms. The van der Waals surface area contributed by atoms with Crippen molar-refractivity contribution in [3.63, 3.8) is 0 Å². The Morgan fingerprint density at radius 3 is 2.56 bits per heavy atom. The number of methoxy groups -OCH3 is 1. The molecule has 5 nitrogen and oxygen atoms in total. The van der Waals surface area contributed by atoms with E-state index in [1.807, 2.05) is 0 Å². The second-order valence-corrected chi connectivity index (χ2v) is 3.43. The Bertz CT molecular complexity index is 378. The molecule has 2 N–H and O–H groups in total. The van der Waals surface area contributed by atoms with Crippen molar-refractivity contribution >= 4 is 11.6 Å². The van der Waals surface area contributed by atoms with Crippen LogP contribution in [-0.2, 0) is 9.47 Å². The highest BCUT2D eigenvalue weighted by atomic mass is 19.1. The minimum absolute atomic E-state index is 0.000739. The maximum absolute atomic E-state index is 13.3. The van der Waals surface area contributed by atoms with Gasteiger partial charge in [-0.3, -0.25) is 0 Å². The van der Waals surface area contributed by atoms with Crippen molar-refractivity contribution in [2.45, 2.75) is 0 Å². The summed E-state index contributed by atoms with van der Waals surface area (Å²) >= 11 is 0. The van der Waals surface area contributed by atoms with Crippen LogP contribution in [0, 0.1) is 11.6 Å². The maximum atomic E-state index is 13.3. The molecule has 1 aromatic heterocycles. The van der Waals surface area contributed by atoms with Gasteiger partial charge in [0.05, 0.1) is 19.8 Å².